The Morgan fingerprint density at radius 3 is 2.57 bits per heavy atom. The van der Waals surface area contributed by atoms with Crippen LogP contribution in [0.5, 0.6) is 0 Å². The van der Waals surface area contributed by atoms with Crippen molar-refractivity contribution in [1.29, 1.82) is 0 Å². The van der Waals surface area contributed by atoms with Crippen LogP contribution in [0.3, 0.4) is 0 Å². The summed E-state index contributed by atoms with van der Waals surface area (Å²) in [6.45, 7) is 10.0. The van der Waals surface area contributed by atoms with Crippen molar-refractivity contribution < 1.29 is 0 Å². The molecule has 0 bridgehead atoms. The third-order valence-corrected chi connectivity index (χ3v) is 4.24. The topological polar surface area (TPSA) is 29.9 Å². The molecule has 0 saturated carbocycles. The molecule has 2 atom stereocenters. The molecule has 116 valence electrons. The van der Waals surface area contributed by atoms with Gasteiger partial charge in [0.05, 0.1) is 17.1 Å². The maximum atomic E-state index is 4.74. The lowest BCUT2D eigenvalue weighted by Gasteiger charge is -2.30. The van der Waals surface area contributed by atoms with E-state index in [0.29, 0.717) is 12.1 Å². The minimum atomic E-state index is 0.476. The third-order valence-electron chi connectivity index (χ3n) is 4.24. The number of nitrogens with one attached hydrogen (secondary N) is 1. The summed E-state index contributed by atoms with van der Waals surface area (Å²) in [4.78, 5) is 4.74. The van der Waals surface area contributed by atoms with Crippen LogP contribution in [-0.2, 0) is 0 Å². The summed E-state index contributed by atoms with van der Waals surface area (Å²) in [7, 11) is 0. The van der Waals surface area contributed by atoms with Gasteiger partial charge in [0.2, 0.25) is 0 Å². The van der Waals surface area contributed by atoms with Crippen molar-refractivity contribution in [2.45, 2.75) is 65.5 Å². The normalized spacial score (nSPS) is 14.5. The molecule has 2 aromatic rings. The predicted molar refractivity (Wildman–Crippen MR) is 90.8 cm³/mol. The Kier molecular flexibility index (Phi) is 5.80. The maximum absolute atomic E-state index is 4.74. The van der Waals surface area contributed by atoms with Crippen LogP contribution in [0.1, 0.15) is 58.3 Å². The Morgan fingerprint density at radius 2 is 1.90 bits per heavy atom. The fourth-order valence-electron chi connectivity index (χ4n) is 3.30. The number of hydrogen-bond donors (Lipinski definition) is 1. The highest BCUT2D eigenvalue weighted by Gasteiger charge is 2.23. The van der Waals surface area contributed by atoms with Gasteiger partial charge >= 0.3 is 0 Å². The molecule has 0 fully saturated rings. The summed E-state index contributed by atoms with van der Waals surface area (Å²) in [6, 6.07) is 9.49. The lowest BCUT2D eigenvalue weighted by Crippen LogP contribution is -2.38. The highest BCUT2D eigenvalue weighted by molar-refractivity contribution is 5.76. The molecule has 0 aliphatic heterocycles. The molecule has 3 heteroatoms. The molecule has 2 rings (SSSR count). The lowest BCUT2D eigenvalue weighted by atomic mass is 10.00. The van der Waals surface area contributed by atoms with E-state index in [0.717, 1.165) is 24.3 Å². The minimum Gasteiger partial charge on any atom is -0.324 e. The van der Waals surface area contributed by atoms with E-state index < -0.39 is 0 Å². The van der Waals surface area contributed by atoms with Gasteiger partial charge in [0.15, 0.2) is 0 Å². The highest BCUT2D eigenvalue weighted by atomic mass is 15.1. The molecule has 0 aliphatic carbocycles. The SMILES string of the molecule is CCCNC(CCC)C(CC)n1c(C)nc2ccccc21. The summed E-state index contributed by atoms with van der Waals surface area (Å²) < 4.78 is 2.44. The van der Waals surface area contributed by atoms with Gasteiger partial charge in [0.1, 0.15) is 5.82 Å². The van der Waals surface area contributed by atoms with Crippen LogP contribution in [0.4, 0.5) is 0 Å². The number of aromatic nitrogens is 2. The van der Waals surface area contributed by atoms with Crippen LogP contribution in [0, 0.1) is 6.92 Å². The monoisotopic (exact) mass is 287 g/mol. The first kappa shape index (κ1) is 16.0. The van der Waals surface area contributed by atoms with Crippen LogP contribution in [0.15, 0.2) is 24.3 Å². The number of para-hydroxylation sites is 2. The van der Waals surface area contributed by atoms with E-state index in [1.807, 2.05) is 0 Å². The first-order chi connectivity index (χ1) is 10.2. The van der Waals surface area contributed by atoms with Crippen molar-refractivity contribution in [1.82, 2.24) is 14.9 Å². The van der Waals surface area contributed by atoms with E-state index >= 15 is 0 Å². The van der Waals surface area contributed by atoms with Gasteiger partial charge in [-0.3, -0.25) is 0 Å². The number of benzene rings is 1. The first-order valence-corrected chi connectivity index (χ1v) is 8.39. The molecule has 0 aliphatic rings. The van der Waals surface area contributed by atoms with E-state index in [2.05, 4.69) is 61.8 Å². The van der Waals surface area contributed by atoms with Gasteiger partial charge in [-0.15, -0.1) is 0 Å². The van der Waals surface area contributed by atoms with Gasteiger partial charge in [0.25, 0.3) is 0 Å². The van der Waals surface area contributed by atoms with Gasteiger partial charge in [0, 0.05) is 6.04 Å². The van der Waals surface area contributed by atoms with Gasteiger partial charge in [-0.1, -0.05) is 39.3 Å². The van der Waals surface area contributed by atoms with Gasteiger partial charge in [-0.05, 0) is 44.9 Å². The molecule has 0 spiro atoms. The lowest BCUT2D eigenvalue weighted by molar-refractivity contribution is 0.322. The van der Waals surface area contributed by atoms with E-state index in [9.17, 15) is 0 Å². The second-order valence-corrected chi connectivity index (χ2v) is 5.84. The molecule has 1 N–H and O–H groups in total. The zero-order valence-corrected chi connectivity index (χ0v) is 13.9. The number of imidazole rings is 1. The molecule has 2 unspecified atom stereocenters. The van der Waals surface area contributed by atoms with Crippen molar-refractivity contribution in [2.24, 2.45) is 0 Å². The fourth-order valence-corrected chi connectivity index (χ4v) is 3.30. The second kappa shape index (κ2) is 7.60. The van der Waals surface area contributed by atoms with Crippen molar-refractivity contribution in [2.75, 3.05) is 6.54 Å². The molecule has 1 aromatic heterocycles. The number of rotatable bonds is 8. The highest BCUT2D eigenvalue weighted by Crippen LogP contribution is 2.27. The minimum absolute atomic E-state index is 0.476. The van der Waals surface area contributed by atoms with Gasteiger partial charge in [-0.2, -0.15) is 0 Å². The number of hydrogen-bond acceptors (Lipinski definition) is 2. The van der Waals surface area contributed by atoms with Crippen LogP contribution in [0.25, 0.3) is 11.0 Å². The molecule has 21 heavy (non-hydrogen) atoms. The maximum Gasteiger partial charge on any atom is 0.107 e. The third kappa shape index (κ3) is 3.46. The average molecular weight is 287 g/mol. The Labute approximate surface area is 128 Å². The quantitative estimate of drug-likeness (QED) is 0.776. The van der Waals surface area contributed by atoms with Crippen LogP contribution in [-0.4, -0.2) is 22.1 Å². The number of aryl methyl sites for hydroxylation is 1. The Morgan fingerprint density at radius 1 is 1.14 bits per heavy atom. The van der Waals surface area contributed by atoms with Crippen LogP contribution < -0.4 is 5.32 Å². The molecular formula is C18H29N3. The molecule has 1 heterocycles. The first-order valence-electron chi connectivity index (χ1n) is 8.39. The summed E-state index contributed by atoms with van der Waals surface area (Å²) >= 11 is 0. The van der Waals surface area contributed by atoms with Crippen molar-refractivity contribution in [3.05, 3.63) is 30.1 Å². The molecular weight excluding hydrogens is 258 g/mol. The van der Waals surface area contributed by atoms with E-state index in [4.69, 9.17) is 4.98 Å². The largest absolute Gasteiger partial charge is 0.324 e. The van der Waals surface area contributed by atoms with Crippen molar-refractivity contribution in [3.63, 3.8) is 0 Å². The molecule has 0 amide bonds. The molecule has 0 radical (unpaired) electrons. The van der Waals surface area contributed by atoms with E-state index in [1.165, 1.54) is 24.8 Å². The summed E-state index contributed by atoms with van der Waals surface area (Å²) in [5.74, 6) is 1.13. The average Bonchev–Trinajstić information content (AvgIpc) is 2.82. The smallest absolute Gasteiger partial charge is 0.107 e. The second-order valence-electron chi connectivity index (χ2n) is 5.84. The van der Waals surface area contributed by atoms with E-state index in [1.54, 1.807) is 0 Å². The fraction of sp³-hybridized carbons (Fsp3) is 0.611. The van der Waals surface area contributed by atoms with Crippen molar-refractivity contribution in [3.8, 4) is 0 Å². The summed E-state index contributed by atoms with van der Waals surface area (Å²) in [5, 5.41) is 3.75. The van der Waals surface area contributed by atoms with Gasteiger partial charge in [-0.25, -0.2) is 4.98 Å². The predicted octanol–water partition coefficient (Wildman–Crippen LogP) is 4.46. The van der Waals surface area contributed by atoms with Gasteiger partial charge < -0.3 is 9.88 Å². The molecule has 1 aromatic carbocycles. The zero-order chi connectivity index (χ0) is 15.2. The standard InChI is InChI=1S/C18H29N3/c1-5-10-15(19-13-6-2)17(7-3)21-14(4)20-16-11-8-9-12-18(16)21/h8-9,11-12,15,17,19H,5-7,10,13H2,1-4H3. The summed E-state index contributed by atoms with van der Waals surface area (Å²) in [5.41, 5.74) is 2.38. The summed E-state index contributed by atoms with van der Waals surface area (Å²) in [6.07, 6.45) is 4.73. The van der Waals surface area contributed by atoms with Crippen molar-refractivity contribution >= 4 is 11.0 Å². The van der Waals surface area contributed by atoms with Crippen LogP contribution >= 0.6 is 0 Å². The van der Waals surface area contributed by atoms with Crippen LogP contribution in [0.2, 0.25) is 0 Å². The zero-order valence-electron chi connectivity index (χ0n) is 13.9. The Hall–Kier alpha value is -1.35. The Balaban J connectivity index is 2.39. The molecule has 0 saturated heterocycles. The number of nitrogens with zero attached hydrogens (tertiary/aromatic N) is 2. The number of fused-ring (bicyclic) bond motifs is 1. The Bertz CT molecular complexity index is 559. The molecule has 3 nitrogen and oxygen atoms in total. The van der Waals surface area contributed by atoms with E-state index in [-0.39, 0.29) is 0 Å².